The fraction of sp³-hybridized carbons (Fsp3) is 0.136. The van der Waals surface area contributed by atoms with Crippen molar-refractivity contribution in [3.8, 4) is 5.75 Å². The number of pyridine rings is 1. The molecule has 1 amide bonds. The van der Waals surface area contributed by atoms with Gasteiger partial charge in [0.1, 0.15) is 5.58 Å². The van der Waals surface area contributed by atoms with Gasteiger partial charge in [0, 0.05) is 23.2 Å². The Bertz CT molecular complexity index is 1290. The van der Waals surface area contributed by atoms with Crippen molar-refractivity contribution < 1.29 is 53.4 Å². The number of carboxylic acids is 1. The van der Waals surface area contributed by atoms with Gasteiger partial charge in [-0.1, -0.05) is 37.0 Å². The summed E-state index contributed by atoms with van der Waals surface area (Å²) in [6.07, 6.45) is 2.71. The van der Waals surface area contributed by atoms with Crippen molar-refractivity contribution in [3.63, 3.8) is 0 Å². The fourth-order valence-electron chi connectivity index (χ4n) is 3.05. The van der Waals surface area contributed by atoms with Crippen LogP contribution in [0.3, 0.4) is 0 Å². The standard InChI is InChI=1S/C20H12Cl2N2O5.C2H6.Na/c1-28-15-5-3-10(19(25)24-17-12(21)7-23-8-13(17)22)16-11-6-9(20(26)27)2-4-14(11)29-18(15)16;1-2;/h2-8H,1H3,(H,26,27)(H,23,24,25);1-2H3;/q;;+1/p-1. The van der Waals surface area contributed by atoms with E-state index in [0.29, 0.717) is 27.7 Å². The number of ether oxygens (including phenoxy) is 1. The van der Waals surface area contributed by atoms with Gasteiger partial charge in [0.15, 0.2) is 11.3 Å². The summed E-state index contributed by atoms with van der Waals surface area (Å²) in [6, 6.07) is 7.37. The minimum atomic E-state index is -1.34. The van der Waals surface area contributed by atoms with Crippen molar-refractivity contribution in [2.24, 2.45) is 0 Å². The number of hydrogen-bond acceptors (Lipinski definition) is 6. The Balaban J connectivity index is 0.00000118. The number of furan rings is 1. The van der Waals surface area contributed by atoms with Crippen LogP contribution in [-0.4, -0.2) is 24.0 Å². The van der Waals surface area contributed by atoms with Crippen LogP contribution in [0, 0.1) is 0 Å². The van der Waals surface area contributed by atoms with E-state index in [2.05, 4.69) is 10.3 Å². The number of carboxylic acid groups (broad SMARTS) is 1. The van der Waals surface area contributed by atoms with Gasteiger partial charge in [-0.25, -0.2) is 0 Å². The molecule has 0 radical (unpaired) electrons. The molecule has 160 valence electrons. The van der Waals surface area contributed by atoms with Crippen LogP contribution < -0.4 is 44.7 Å². The molecule has 0 saturated carbocycles. The summed E-state index contributed by atoms with van der Waals surface area (Å²) in [6.45, 7) is 4.00. The van der Waals surface area contributed by atoms with Crippen LogP contribution in [0.2, 0.25) is 10.0 Å². The molecule has 0 bridgehead atoms. The Kier molecular flexibility index (Phi) is 8.95. The molecule has 0 aliphatic heterocycles. The van der Waals surface area contributed by atoms with E-state index in [9.17, 15) is 14.7 Å². The van der Waals surface area contributed by atoms with E-state index < -0.39 is 11.9 Å². The summed E-state index contributed by atoms with van der Waals surface area (Å²) < 4.78 is 11.1. The number of nitrogens with one attached hydrogen (secondary N) is 1. The van der Waals surface area contributed by atoms with Crippen molar-refractivity contribution in [2.45, 2.75) is 13.8 Å². The van der Waals surface area contributed by atoms with Crippen LogP contribution in [0.15, 0.2) is 47.1 Å². The third kappa shape index (κ3) is 4.87. The number of aromatic nitrogens is 1. The summed E-state index contributed by atoms with van der Waals surface area (Å²) in [4.78, 5) is 28.2. The minimum Gasteiger partial charge on any atom is -0.545 e. The Hall–Kier alpha value is -2.29. The second kappa shape index (κ2) is 11.0. The molecule has 0 fully saturated rings. The maximum absolute atomic E-state index is 13.0. The summed E-state index contributed by atoms with van der Waals surface area (Å²) in [7, 11) is 1.46. The largest absolute Gasteiger partial charge is 1.00 e. The Morgan fingerprint density at radius 2 is 1.75 bits per heavy atom. The normalized spacial score (nSPS) is 10.2. The van der Waals surface area contributed by atoms with Crippen LogP contribution in [0.4, 0.5) is 5.69 Å². The zero-order valence-corrected chi connectivity index (χ0v) is 21.3. The first-order valence-electron chi connectivity index (χ1n) is 9.25. The van der Waals surface area contributed by atoms with Gasteiger partial charge in [-0.3, -0.25) is 9.78 Å². The topological polar surface area (TPSA) is 104 Å². The second-order valence-electron chi connectivity index (χ2n) is 6.05. The molecule has 2 heterocycles. The monoisotopic (exact) mass is 482 g/mol. The predicted octanol–water partition coefficient (Wildman–Crippen LogP) is 1.94. The van der Waals surface area contributed by atoms with Crippen LogP contribution in [0.25, 0.3) is 21.9 Å². The number of fused-ring (bicyclic) bond motifs is 3. The molecule has 0 unspecified atom stereocenters. The molecule has 0 saturated heterocycles. The molecule has 0 aliphatic carbocycles. The fourth-order valence-corrected chi connectivity index (χ4v) is 3.50. The summed E-state index contributed by atoms with van der Waals surface area (Å²) >= 11 is 12.2. The first kappa shape index (κ1) is 26.0. The van der Waals surface area contributed by atoms with Crippen molar-refractivity contribution in [1.29, 1.82) is 0 Å². The summed E-state index contributed by atoms with van der Waals surface area (Å²) in [5, 5.41) is 15.1. The third-order valence-corrected chi connectivity index (χ3v) is 4.95. The quantitative estimate of drug-likeness (QED) is 0.445. The maximum Gasteiger partial charge on any atom is 1.00 e. The average molecular weight is 483 g/mol. The molecule has 7 nitrogen and oxygen atoms in total. The third-order valence-electron chi connectivity index (χ3n) is 4.37. The van der Waals surface area contributed by atoms with Gasteiger partial charge in [0.05, 0.1) is 34.4 Å². The number of methoxy groups -OCH3 is 1. The average Bonchev–Trinajstić information content (AvgIpc) is 3.16. The first-order valence-corrected chi connectivity index (χ1v) is 10.0. The number of rotatable bonds is 4. The van der Waals surface area contributed by atoms with Crippen molar-refractivity contribution in [3.05, 3.63) is 63.9 Å². The van der Waals surface area contributed by atoms with Crippen LogP contribution in [-0.2, 0) is 0 Å². The van der Waals surface area contributed by atoms with E-state index in [1.165, 1.54) is 37.7 Å². The van der Waals surface area contributed by atoms with Gasteiger partial charge in [0.25, 0.3) is 5.91 Å². The van der Waals surface area contributed by atoms with Crippen molar-refractivity contribution in [2.75, 3.05) is 12.4 Å². The van der Waals surface area contributed by atoms with Gasteiger partial charge in [0.2, 0.25) is 0 Å². The molecule has 1 N–H and O–H groups in total. The molecular weight excluding hydrogens is 466 g/mol. The Morgan fingerprint density at radius 3 is 2.34 bits per heavy atom. The number of halogens is 2. The maximum atomic E-state index is 13.0. The zero-order chi connectivity index (χ0) is 22.7. The number of benzene rings is 2. The van der Waals surface area contributed by atoms with Crippen molar-refractivity contribution in [1.82, 2.24) is 4.98 Å². The Labute approximate surface area is 215 Å². The molecular formula is C22H17Cl2N2NaO5. The van der Waals surface area contributed by atoms with Crippen molar-refractivity contribution >= 4 is 62.7 Å². The van der Waals surface area contributed by atoms with E-state index in [1.807, 2.05) is 13.8 Å². The van der Waals surface area contributed by atoms with Gasteiger partial charge in [-0.2, -0.15) is 0 Å². The van der Waals surface area contributed by atoms with Gasteiger partial charge < -0.3 is 24.4 Å². The SMILES string of the molecule is CC.COc1ccc(C(=O)Nc2c(Cl)cncc2Cl)c2c1oc1ccc(C(=O)[O-])cc12.[Na+]. The van der Waals surface area contributed by atoms with Gasteiger partial charge >= 0.3 is 29.6 Å². The first-order chi connectivity index (χ1) is 14.9. The minimum absolute atomic E-state index is 0. The molecule has 0 spiro atoms. The van der Waals surface area contributed by atoms with E-state index in [-0.39, 0.29) is 56.4 Å². The summed E-state index contributed by atoms with van der Waals surface area (Å²) in [5.74, 6) is -1.47. The summed E-state index contributed by atoms with van der Waals surface area (Å²) in [5.41, 5.74) is 1.08. The molecule has 4 aromatic rings. The molecule has 0 atom stereocenters. The van der Waals surface area contributed by atoms with E-state index in [4.69, 9.17) is 32.4 Å². The number of carbonyl (C=O) groups excluding carboxylic acids is 2. The molecule has 10 heteroatoms. The van der Waals surface area contributed by atoms with Crippen LogP contribution in [0.5, 0.6) is 5.75 Å². The van der Waals surface area contributed by atoms with E-state index in [1.54, 1.807) is 12.1 Å². The molecule has 2 aromatic heterocycles. The van der Waals surface area contributed by atoms with Gasteiger partial charge in [-0.15, -0.1) is 0 Å². The molecule has 0 aliphatic rings. The Morgan fingerprint density at radius 1 is 1.09 bits per heavy atom. The second-order valence-corrected chi connectivity index (χ2v) is 6.87. The molecule has 2 aromatic carbocycles. The number of anilines is 1. The van der Waals surface area contributed by atoms with E-state index >= 15 is 0 Å². The van der Waals surface area contributed by atoms with E-state index in [0.717, 1.165) is 0 Å². The smallest absolute Gasteiger partial charge is 0.545 e. The zero-order valence-electron chi connectivity index (χ0n) is 17.8. The molecule has 32 heavy (non-hydrogen) atoms. The number of aromatic carboxylic acids is 1. The molecule has 4 rings (SSSR count). The van der Waals surface area contributed by atoms with Crippen LogP contribution in [0.1, 0.15) is 34.6 Å². The van der Waals surface area contributed by atoms with Gasteiger partial charge in [-0.05, 0) is 35.9 Å². The van der Waals surface area contributed by atoms with Crippen LogP contribution >= 0.6 is 23.2 Å². The predicted molar refractivity (Wildman–Crippen MR) is 118 cm³/mol. The number of amides is 1. The number of carbonyl (C=O) groups is 2. The number of hydrogen-bond donors (Lipinski definition) is 1. The number of nitrogens with zero attached hydrogens (tertiary/aromatic N) is 1.